The molecular weight excluding hydrogens is 394 g/mol. The number of benzene rings is 2. The zero-order chi connectivity index (χ0) is 21.6. The fourth-order valence-electron chi connectivity index (χ4n) is 5.35. The highest BCUT2D eigenvalue weighted by Crippen LogP contribution is 2.32. The lowest BCUT2D eigenvalue weighted by Crippen LogP contribution is -2.32. The van der Waals surface area contributed by atoms with Crippen LogP contribution in [0.1, 0.15) is 43.2 Å². The minimum atomic E-state index is 0.798. The third kappa shape index (κ3) is 4.94. The summed E-state index contributed by atoms with van der Waals surface area (Å²) >= 11 is 0. The van der Waals surface area contributed by atoms with E-state index in [0.717, 1.165) is 23.9 Å². The quantitative estimate of drug-likeness (QED) is 0.380. The molecule has 1 atom stereocenters. The molecule has 0 saturated carbocycles. The van der Waals surface area contributed by atoms with Gasteiger partial charge in [0, 0.05) is 22.8 Å². The van der Waals surface area contributed by atoms with Crippen molar-refractivity contribution >= 4 is 10.9 Å². The predicted molar refractivity (Wildman–Crippen MR) is 130 cm³/mol. The largest absolute Gasteiger partial charge is 0.361 e. The molecule has 32 heavy (non-hydrogen) atoms. The van der Waals surface area contributed by atoms with Crippen LogP contribution in [0.3, 0.4) is 0 Å². The van der Waals surface area contributed by atoms with Gasteiger partial charge in [0.2, 0.25) is 0 Å². The van der Waals surface area contributed by atoms with Gasteiger partial charge >= 0.3 is 0 Å². The highest BCUT2D eigenvalue weighted by Gasteiger charge is 2.23. The Bertz CT molecular complexity index is 1090. The van der Waals surface area contributed by atoms with Crippen molar-refractivity contribution in [3.8, 4) is 5.69 Å². The first-order chi connectivity index (χ1) is 15.9. The van der Waals surface area contributed by atoms with Gasteiger partial charge in [0.25, 0.3) is 0 Å². The lowest BCUT2D eigenvalue weighted by molar-refractivity contribution is 0.231. The van der Waals surface area contributed by atoms with Crippen LogP contribution in [0.25, 0.3) is 16.6 Å². The highest BCUT2D eigenvalue weighted by molar-refractivity contribution is 5.85. The van der Waals surface area contributed by atoms with Crippen LogP contribution in [-0.4, -0.2) is 32.8 Å². The average Bonchev–Trinajstić information content (AvgIpc) is 3.52. The summed E-state index contributed by atoms with van der Waals surface area (Å²) < 4.78 is 1.97. The first-order valence-corrected chi connectivity index (χ1v) is 12.1. The molecule has 1 unspecified atom stereocenters. The Labute approximate surface area is 190 Å². The van der Waals surface area contributed by atoms with Crippen molar-refractivity contribution in [3.63, 3.8) is 0 Å². The van der Waals surface area contributed by atoms with Crippen molar-refractivity contribution in [2.45, 2.75) is 44.9 Å². The van der Waals surface area contributed by atoms with Crippen LogP contribution in [0.4, 0.5) is 0 Å². The van der Waals surface area contributed by atoms with Gasteiger partial charge in [0.1, 0.15) is 12.7 Å². The summed E-state index contributed by atoms with van der Waals surface area (Å²) in [6.07, 6.45) is 14.6. The summed E-state index contributed by atoms with van der Waals surface area (Å²) in [6.45, 7) is 2.35. The third-order valence-electron chi connectivity index (χ3n) is 7.19. The average molecular weight is 428 g/mol. The molecule has 1 saturated heterocycles. The van der Waals surface area contributed by atoms with Crippen LogP contribution >= 0.6 is 0 Å². The Morgan fingerprint density at radius 1 is 0.938 bits per heavy atom. The number of piperidine rings is 1. The number of hydrogen-bond donors (Lipinski definition) is 2. The molecule has 2 N–H and O–H groups in total. The van der Waals surface area contributed by atoms with Crippen LogP contribution in [-0.2, 0) is 12.8 Å². The summed E-state index contributed by atoms with van der Waals surface area (Å²) in [5, 5.41) is 12.8. The number of aromatic nitrogens is 4. The predicted octanol–water partition coefficient (Wildman–Crippen LogP) is 5.32. The lowest BCUT2D eigenvalue weighted by Gasteiger charge is -2.31. The van der Waals surface area contributed by atoms with E-state index in [2.05, 4.69) is 75.2 Å². The third-order valence-corrected chi connectivity index (χ3v) is 7.19. The topological polar surface area (TPSA) is 58.5 Å². The van der Waals surface area contributed by atoms with Crippen LogP contribution in [0, 0.1) is 11.8 Å². The minimum Gasteiger partial charge on any atom is -0.361 e. The van der Waals surface area contributed by atoms with Crippen molar-refractivity contribution < 1.29 is 0 Å². The molecule has 5 nitrogen and oxygen atoms in total. The van der Waals surface area contributed by atoms with Gasteiger partial charge in [-0.05, 0) is 99.2 Å². The van der Waals surface area contributed by atoms with Gasteiger partial charge in [0.15, 0.2) is 0 Å². The zero-order valence-electron chi connectivity index (χ0n) is 18.7. The first-order valence-electron chi connectivity index (χ1n) is 12.1. The normalized spacial score (nSPS) is 15.9. The summed E-state index contributed by atoms with van der Waals surface area (Å²) in [6, 6.07) is 17.5. The molecule has 0 amide bonds. The fourth-order valence-corrected chi connectivity index (χ4v) is 5.35. The molecule has 2 aromatic carbocycles. The molecule has 2 aromatic heterocycles. The van der Waals surface area contributed by atoms with E-state index in [1.807, 2.05) is 4.57 Å². The monoisotopic (exact) mass is 427 g/mol. The number of nitrogens with zero attached hydrogens (tertiary/aromatic N) is 3. The fraction of sp³-hybridized carbons (Fsp3) is 0.407. The highest BCUT2D eigenvalue weighted by atomic mass is 15.2. The second kappa shape index (κ2) is 10.1. The summed E-state index contributed by atoms with van der Waals surface area (Å²) in [5.41, 5.74) is 5.21. The second-order valence-electron chi connectivity index (χ2n) is 9.18. The van der Waals surface area contributed by atoms with E-state index in [1.54, 1.807) is 12.7 Å². The van der Waals surface area contributed by atoms with E-state index < -0.39 is 0 Å². The van der Waals surface area contributed by atoms with Crippen LogP contribution in [0.5, 0.6) is 0 Å². The maximum absolute atomic E-state index is 3.95. The molecule has 4 aromatic rings. The van der Waals surface area contributed by atoms with Gasteiger partial charge in [-0.1, -0.05) is 30.3 Å². The molecular formula is C27H33N5. The lowest BCUT2D eigenvalue weighted by atomic mass is 9.78. The SMILES string of the molecule is c1ccc(CCCC(CCc2c[nH]c3ccc(-n4cnnc4)cc23)C2CCNCC2)cc1. The molecule has 5 rings (SSSR count). The smallest absolute Gasteiger partial charge is 0.123 e. The van der Waals surface area contributed by atoms with Gasteiger partial charge in [-0.15, -0.1) is 10.2 Å². The van der Waals surface area contributed by atoms with Crippen LogP contribution < -0.4 is 5.32 Å². The summed E-state index contributed by atoms with van der Waals surface area (Å²) in [7, 11) is 0. The summed E-state index contributed by atoms with van der Waals surface area (Å²) in [4.78, 5) is 3.48. The number of hydrogen-bond acceptors (Lipinski definition) is 3. The van der Waals surface area contributed by atoms with Crippen molar-refractivity contribution in [2.75, 3.05) is 13.1 Å². The molecule has 5 heteroatoms. The van der Waals surface area contributed by atoms with Gasteiger partial charge in [-0.3, -0.25) is 4.57 Å². The first kappa shape index (κ1) is 21.0. The van der Waals surface area contributed by atoms with Gasteiger partial charge in [-0.2, -0.15) is 0 Å². The van der Waals surface area contributed by atoms with Crippen molar-refractivity contribution in [2.24, 2.45) is 11.8 Å². The van der Waals surface area contributed by atoms with Crippen molar-refractivity contribution in [1.29, 1.82) is 0 Å². The number of rotatable bonds is 9. The Hall–Kier alpha value is -2.92. The van der Waals surface area contributed by atoms with E-state index in [0.29, 0.717) is 0 Å². The number of fused-ring (bicyclic) bond motifs is 1. The number of nitrogens with one attached hydrogen (secondary N) is 2. The Morgan fingerprint density at radius 2 is 1.75 bits per heavy atom. The van der Waals surface area contributed by atoms with E-state index in [9.17, 15) is 0 Å². The molecule has 0 bridgehead atoms. The standard InChI is InChI=1S/C27H33N5/c1-2-5-21(6-3-1)7-4-8-22(23-13-15-28-16-14-23)9-10-24-18-29-27-12-11-25(17-26(24)27)32-19-30-31-20-32/h1-3,5-6,11-12,17-20,22-23,28-29H,4,7-10,13-16H2. The summed E-state index contributed by atoms with van der Waals surface area (Å²) in [5.74, 6) is 1.65. The molecule has 0 radical (unpaired) electrons. The minimum absolute atomic E-state index is 0.798. The molecule has 3 heterocycles. The van der Waals surface area contributed by atoms with Gasteiger partial charge < -0.3 is 10.3 Å². The van der Waals surface area contributed by atoms with Crippen LogP contribution in [0.2, 0.25) is 0 Å². The van der Waals surface area contributed by atoms with E-state index >= 15 is 0 Å². The molecule has 1 aliphatic rings. The van der Waals surface area contributed by atoms with E-state index in [4.69, 9.17) is 0 Å². The maximum Gasteiger partial charge on any atom is 0.123 e. The maximum atomic E-state index is 3.95. The number of aryl methyl sites for hydroxylation is 2. The van der Waals surface area contributed by atoms with Crippen LogP contribution in [0.15, 0.2) is 67.4 Å². The van der Waals surface area contributed by atoms with Crippen molar-refractivity contribution in [3.05, 3.63) is 78.5 Å². The van der Waals surface area contributed by atoms with Gasteiger partial charge in [0.05, 0.1) is 0 Å². The van der Waals surface area contributed by atoms with Crippen molar-refractivity contribution in [1.82, 2.24) is 25.1 Å². The van der Waals surface area contributed by atoms with Gasteiger partial charge in [-0.25, -0.2) is 0 Å². The molecule has 1 aliphatic heterocycles. The molecule has 1 fully saturated rings. The molecule has 0 aliphatic carbocycles. The Morgan fingerprint density at radius 3 is 2.56 bits per heavy atom. The second-order valence-corrected chi connectivity index (χ2v) is 9.18. The molecule has 0 spiro atoms. The zero-order valence-corrected chi connectivity index (χ0v) is 18.7. The Balaban J connectivity index is 1.27. The van der Waals surface area contributed by atoms with E-state index in [1.165, 1.54) is 73.6 Å². The van der Waals surface area contributed by atoms with E-state index in [-0.39, 0.29) is 0 Å². The number of H-pyrrole nitrogens is 1. The molecule has 166 valence electrons. The Kier molecular flexibility index (Phi) is 6.63. The number of aromatic amines is 1.